The molecule has 17 N–H and O–H groups in total. The Hall–Kier alpha value is -11.7. The maximum absolute atomic E-state index is 15.6. The fraction of sp³-hybridized carbons (Fsp3) is 0.489. The summed E-state index contributed by atoms with van der Waals surface area (Å²) in [6, 6.07) is 20.3. The molecule has 5 aromatic carbocycles. The Morgan fingerprint density at radius 1 is 0.484 bits per heavy atom. The second kappa shape index (κ2) is 54.2. The Balaban J connectivity index is 1.22. The predicted molar refractivity (Wildman–Crippen MR) is 476 cm³/mol. The summed E-state index contributed by atoms with van der Waals surface area (Å²) in [5, 5.41) is 52.3. The van der Waals surface area contributed by atoms with Crippen LogP contribution < -0.4 is 80.2 Å². The highest BCUT2D eigenvalue weighted by atomic mass is 35.5. The number of amides is 15. The molecule has 684 valence electrons. The summed E-state index contributed by atoms with van der Waals surface area (Å²) in [5.41, 5.74) is 8.55. The van der Waals surface area contributed by atoms with E-state index in [4.69, 9.17) is 36.3 Å². The number of aliphatic hydroxyl groups excluding tert-OH is 1. The van der Waals surface area contributed by atoms with E-state index in [1.807, 2.05) is 70.2 Å². The molecule has 7 rings (SSSR count). The van der Waals surface area contributed by atoms with E-state index in [9.17, 15) is 38.7 Å². The molecule has 0 radical (unpaired) electrons. The third-order valence-electron chi connectivity index (χ3n) is 20.4. The fourth-order valence-corrected chi connectivity index (χ4v) is 13.9. The summed E-state index contributed by atoms with van der Waals surface area (Å²) in [6.45, 7) is 16.8. The molecule has 2 heterocycles. The number of benzene rings is 5. The van der Waals surface area contributed by atoms with Crippen molar-refractivity contribution in [1.82, 2.24) is 73.7 Å². The Morgan fingerprint density at radius 3 is 1.40 bits per heavy atom. The minimum Gasteiger partial charge on any atom is -0.394 e. The number of carbonyl (C=O) groups excluding carboxylic acids is 13. The van der Waals surface area contributed by atoms with Crippen LogP contribution in [-0.4, -0.2) is 244 Å². The molecule has 0 spiro atoms. The molecule has 1 saturated heterocycles. The van der Waals surface area contributed by atoms with Crippen molar-refractivity contribution < 1.29 is 86.4 Å². The van der Waals surface area contributed by atoms with Crippen LogP contribution in [0.25, 0.3) is 10.8 Å². The standard InChI is InChI=1S/C90H124ClN17O18/c1-9-123-43-45-125-41-38-95-89(121)99-68-32-25-61(26-33-68)50-74(82(114)102-71(47-56(3)4)80(112)101-70(20-13-14-37-94-57(5)6)88(120)108-40-16-21-78(108)87(119)97-58(7)79(92)111)104-84(116)75(51-62-27-34-69(35-28-62)100-90(122)96-39-42-126-46-44-124-10-2)106-86(118)77(55-109)107-85(117)76(53-64-17-15-36-93-54-64)105-83(115)73(49-60-23-30-67(91)31-24-60)103-81(113)72(98-59(8)110)52-63-22-29-65-18-11-12-19-66(65)48-63/h11-12,15,17-19,22-36,48,54,56-58,70-78,94,109H,9-10,13-14,16,20-21,37-47,49-53,55H2,1-8H3,(H2,92,111)(H,97,119)(H,98,110)(H,101,112)(H,102,114)(H,103,113)(H,104,116)(H,105,115)(H,106,118)(H,107,117)(H2,95,99,121)(H2,96,100,122)/t58-,70+,71+,72-,73-,74-,75+,76-,77+,78+/m1/s1. The number of hydrogen-bond donors (Lipinski definition) is 16. The normalized spacial score (nSPS) is 14.6. The molecule has 36 heteroatoms. The predicted octanol–water partition coefficient (Wildman–Crippen LogP) is 3.84. The largest absolute Gasteiger partial charge is 0.394 e. The highest BCUT2D eigenvalue weighted by Crippen LogP contribution is 2.24. The van der Waals surface area contributed by atoms with Crippen molar-refractivity contribution in [1.29, 1.82) is 0 Å². The average molecular weight is 1770 g/mol. The lowest BCUT2D eigenvalue weighted by molar-refractivity contribution is -0.142. The number of nitrogens with one attached hydrogen (secondary N) is 14. The number of nitrogens with two attached hydrogens (primary N) is 1. The van der Waals surface area contributed by atoms with Gasteiger partial charge in [0.15, 0.2) is 0 Å². The van der Waals surface area contributed by atoms with Crippen molar-refractivity contribution in [3.63, 3.8) is 0 Å². The number of rotatable bonds is 54. The van der Waals surface area contributed by atoms with Gasteiger partial charge in [-0.25, -0.2) is 9.59 Å². The highest BCUT2D eigenvalue weighted by molar-refractivity contribution is 6.30. The van der Waals surface area contributed by atoms with Gasteiger partial charge in [0.1, 0.15) is 60.4 Å². The van der Waals surface area contributed by atoms with Crippen LogP contribution >= 0.6 is 11.6 Å². The van der Waals surface area contributed by atoms with Gasteiger partial charge in [0, 0.05) is 107 Å². The molecular formula is C90H124ClN17O18. The van der Waals surface area contributed by atoms with Gasteiger partial charge in [0.2, 0.25) is 65.0 Å². The number of hydrogen-bond acceptors (Lipinski definition) is 20. The molecule has 126 heavy (non-hydrogen) atoms. The highest BCUT2D eigenvalue weighted by Gasteiger charge is 2.41. The molecule has 0 unspecified atom stereocenters. The van der Waals surface area contributed by atoms with Gasteiger partial charge < -0.3 is 109 Å². The van der Waals surface area contributed by atoms with E-state index < -0.39 is 144 Å². The molecule has 0 saturated carbocycles. The number of aromatic nitrogens is 1. The second-order valence-electron chi connectivity index (χ2n) is 31.4. The maximum Gasteiger partial charge on any atom is 0.319 e. The Bertz CT molecular complexity index is 4520. The Labute approximate surface area is 740 Å². The molecule has 1 aromatic heterocycles. The SMILES string of the molecule is CCOCCOCCNC(=O)Nc1ccc(C[C@H](NC(=O)[C@H](CO)NC(=O)[C@@H](Cc2cccnc2)NC(=O)[C@@H](Cc2ccc(Cl)cc2)NC(=O)[C@@H](Cc2ccc3ccccc3c2)NC(C)=O)C(=O)N[C@H](Cc2ccc(NC(=O)NCCOCCOCC)cc2)C(=O)N[C@@H](CC(C)C)C(=O)N[C@@H](CCCCNC(C)C)C(=O)N2CCC[C@H]2C(=O)N[C@H](C)C(N)=O)cc1. The van der Waals surface area contributed by atoms with E-state index in [0.717, 1.165) is 10.8 Å². The van der Waals surface area contributed by atoms with Crippen molar-refractivity contribution in [3.05, 3.63) is 173 Å². The van der Waals surface area contributed by atoms with Gasteiger partial charge in [-0.1, -0.05) is 124 Å². The van der Waals surface area contributed by atoms with Crippen molar-refractivity contribution in [2.75, 3.05) is 96.3 Å². The molecule has 1 aliphatic rings. The number of unbranched alkanes of at least 4 members (excludes halogenated alkanes) is 1. The molecule has 0 bridgehead atoms. The summed E-state index contributed by atoms with van der Waals surface area (Å²) < 4.78 is 21.6. The van der Waals surface area contributed by atoms with Crippen LogP contribution in [0.3, 0.4) is 0 Å². The molecule has 15 amide bonds. The molecule has 10 atom stereocenters. The van der Waals surface area contributed by atoms with Crippen LogP contribution in [0, 0.1) is 5.92 Å². The van der Waals surface area contributed by atoms with Gasteiger partial charge in [-0.05, 0) is 153 Å². The number of pyridine rings is 1. The van der Waals surface area contributed by atoms with E-state index in [-0.39, 0.29) is 96.2 Å². The molecule has 35 nitrogen and oxygen atoms in total. The van der Waals surface area contributed by atoms with E-state index >= 15 is 28.8 Å². The van der Waals surface area contributed by atoms with Crippen molar-refractivity contribution in [2.24, 2.45) is 11.7 Å². The molecule has 6 aromatic rings. The zero-order valence-corrected chi connectivity index (χ0v) is 73.7. The Morgan fingerprint density at radius 2 is 0.929 bits per heavy atom. The van der Waals surface area contributed by atoms with Crippen LogP contribution in [-0.2, 0) is 104 Å². The topological polar surface area (TPSA) is 490 Å². The lowest BCUT2D eigenvalue weighted by atomic mass is 9.99. The van der Waals surface area contributed by atoms with Crippen LogP contribution in [0.1, 0.15) is 122 Å². The van der Waals surface area contributed by atoms with Crippen LogP contribution in [0.5, 0.6) is 0 Å². The molecule has 0 aliphatic carbocycles. The zero-order chi connectivity index (χ0) is 91.5. The number of nitrogens with zero attached hydrogens (tertiary/aromatic N) is 2. The van der Waals surface area contributed by atoms with Gasteiger partial charge in [-0.2, -0.15) is 0 Å². The van der Waals surface area contributed by atoms with Gasteiger partial charge >= 0.3 is 12.1 Å². The van der Waals surface area contributed by atoms with Crippen LogP contribution in [0.2, 0.25) is 5.02 Å². The van der Waals surface area contributed by atoms with E-state index in [2.05, 4.69) is 79.4 Å². The smallest absolute Gasteiger partial charge is 0.319 e. The first-order chi connectivity index (χ1) is 60.5. The zero-order valence-electron chi connectivity index (χ0n) is 72.9. The lowest BCUT2D eigenvalue weighted by Crippen LogP contribution is -2.62. The van der Waals surface area contributed by atoms with E-state index in [1.54, 1.807) is 86.6 Å². The molecule has 1 aliphatic heterocycles. The monoisotopic (exact) mass is 1770 g/mol. The third-order valence-corrected chi connectivity index (χ3v) is 20.6. The van der Waals surface area contributed by atoms with E-state index in [0.29, 0.717) is 110 Å². The van der Waals surface area contributed by atoms with Gasteiger partial charge in [0.05, 0.1) is 46.2 Å². The number of ether oxygens (including phenoxy) is 4. The number of fused-ring (bicyclic) bond motifs is 1. The van der Waals surface area contributed by atoms with Gasteiger partial charge in [-0.3, -0.25) is 57.7 Å². The summed E-state index contributed by atoms with van der Waals surface area (Å²) in [5.74, 6) is -9.30. The van der Waals surface area contributed by atoms with Crippen LogP contribution in [0.4, 0.5) is 21.0 Å². The summed E-state index contributed by atoms with van der Waals surface area (Å²) in [4.78, 5) is 191. The summed E-state index contributed by atoms with van der Waals surface area (Å²) >= 11 is 6.30. The third kappa shape index (κ3) is 36.1. The van der Waals surface area contributed by atoms with Gasteiger partial charge in [-0.15, -0.1) is 0 Å². The Kier molecular flexibility index (Phi) is 43.6. The van der Waals surface area contributed by atoms with Crippen molar-refractivity contribution in [2.45, 2.75) is 192 Å². The quantitative estimate of drug-likeness (QED) is 0.0241. The summed E-state index contributed by atoms with van der Waals surface area (Å²) in [7, 11) is 0. The van der Waals surface area contributed by atoms with Crippen molar-refractivity contribution in [3.8, 4) is 0 Å². The number of aliphatic hydroxyl groups is 1. The fourth-order valence-electron chi connectivity index (χ4n) is 13.8. The summed E-state index contributed by atoms with van der Waals surface area (Å²) in [6.07, 6.45) is 3.64. The minimum atomic E-state index is -1.90. The van der Waals surface area contributed by atoms with E-state index in [1.165, 1.54) is 43.3 Å². The molecular weight excluding hydrogens is 1640 g/mol. The number of likely N-dealkylation sites (tertiary alicyclic amines) is 1. The number of urea groups is 2. The number of carbonyl (C=O) groups is 13. The second-order valence-corrected chi connectivity index (χ2v) is 31.8. The first-order valence-electron chi connectivity index (χ1n) is 42.8. The maximum atomic E-state index is 15.6. The van der Waals surface area contributed by atoms with Crippen molar-refractivity contribution >= 4 is 111 Å². The average Bonchev–Trinajstić information content (AvgIpc) is 1.06. The first-order valence-corrected chi connectivity index (χ1v) is 43.2. The van der Waals surface area contributed by atoms with Gasteiger partial charge in [0.25, 0.3) is 0 Å². The lowest BCUT2D eigenvalue weighted by Gasteiger charge is -2.31. The molecule has 1 fully saturated rings. The number of anilines is 2. The first kappa shape index (κ1) is 101. The number of halogens is 1. The van der Waals surface area contributed by atoms with Crippen LogP contribution in [0.15, 0.2) is 140 Å². The minimum absolute atomic E-state index is 0.0110. The number of primary amides is 1.